The molecule has 0 aromatic heterocycles. The second kappa shape index (κ2) is 8.06. The van der Waals surface area contributed by atoms with Crippen molar-refractivity contribution in [3.05, 3.63) is 0 Å². The first-order valence-electron chi connectivity index (χ1n) is 5.97. The highest BCUT2D eigenvalue weighted by Gasteiger charge is 2.22. The van der Waals surface area contributed by atoms with Gasteiger partial charge in [-0.15, -0.1) is 0 Å². The van der Waals surface area contributed by atoms with Crippen LogP contribution in [0.4, 0.5) is 0 Å². The van der Waals surface area contributed by atoms with E-state index in [0.717, 1.165) is 0 Å². The summed E-state index contributed by atoms with van der Waals surface area (Å²) in [6, 6.07) is -0.316. The lowest BCUT2D eigenvalue weighted by Crippen LogP contribution is -2.46. The van der Waals surface area contributed by atoms with Crippen molar-refractivity contribution in [2.75, 3.05) is 13.7 Å². The van der Waals surface area contributed by atoms with Crippen molar-refractivity contribution >= 4 is 11.9 Å². The summed E-state index contributed by atoms with van der Waals surface area (Å²) in [6.45, 7) is 8.12. The summed E-state index contributed by atoms with van der Waals surface area (Å²) in [5, 5.41) is 5.68. The third-order valence-corrected chi connectivity index (χ3v) is 2.20. The number of hydrogen-bond donors (Lipinski definition) is 2. The zero-order chi connectivity index (χ0) is 13.4. The quantitative estimate of drug-likeness (QED) is 0.647. The highest BCUT2D eigenvalue weighted by molar-refractivity contribution is 5.85. The van der Waals surface area contributed by atoms with E-state index in [2.05, 4.69) is 15.4 Å². The summed E-state index contributed by atoms with van der Waals surface area (Å²) in [6.07, 6.45) is 0.583. The van der Waals surface area contributed by atoms with E-state index in [1.807, 2.05) is 27.7 Å². The molecule has 0 aliphatic heterocycles. The lowest BCUT2D eigenvalue weighted by Gasteiger charge is -2.18. The van der Waals surface area contributed by atoms with E-state index in [1.54, 1.807) is 0 Å². The smallest absolute Gasteiger partial charge is 0.328 e. The Hall–Kier alpha value is -1.10. The van der Waals surface area contributed by atoms with Crippen molar-refractivity contribution in [3.63, 3.8) is 0 Å². The second-order valence-corrected chi connectivity index (χ2v) is 4.81. The standard InChI is InChI=1S/C12H24N2O3/c1-8(2)6-10(12(16)17-5)14-11(15)7-13-9(3)4/h8-10,13H,6-7H2,1-5H3,(H,14,15). The number of hydrogen-bond acceptors (Lipinski definition) is 4. The number of esters is 1. The fourth-order valence-electron chi connectivity index (χ4n) is 1.37. The van der Waals surface area contributed by atoms with E-state index < -0.39 is 12.0 Å². The van der Waals surface area contributed by atoms with Gasteiger partial charge in [-0.1, -0.05) is 27.7 Å². The summed E-state index contributed by atoms with van der Waals surface area (Å²) >= 11 is 0. The lowest BCUT2D eigenvalue weighted by molar-refractivity contribution is -0.145. The molecule has 0 aliphatic carbocycles. The molecule has 0 aromatic carbocycles. The highest BCUT2D eigenvalue weighted by atomic mass is 16.5. The van der Waals surface area contributed by atoms with Crippen molar-refractivity contribution < 1.29 is 14.3 Å². The highest BCUT2D eigenvalue weighted by Crippen LogP contribution is 2.05. The van der Waals surface area contributed by atoms with Gasteiger partial charge in [-0.25, -0.2) is 4.79 Å². The minimum atomic E-state index is -0.554. The Bertz CT molecular complexity index is 252. The van der Waals surface area contributed by atoms with Crippen LogP contribution in [-0.4, -0.2) is 37.6 Å². The fraction of sp³-hybridized carbons (Fsp3) is 0.833. The Morgan fingerprint density at radius 1 is 1.18 bits per heavy atom. The van der Waals surface area contributed by atoms with Gasteiger partial charge < -0.3 is 15.4 Å². The van der Waals surface area contributed by atoms with Gasteiger partial charge in [-0.3, -0.25) is 4.79 Å². The van der Waals surface area contributed by atoms with Crippen molar-refractivity contribution in [1.29, 1.82) is 0 Å². The van der Waals surface area contributed by atoms with Gasteiger partial charge in [0, 0.05) is 6.04 Å². The zero-order valence-corrected chi connectivity index (χ0v) is 11.4. The van der Waals surface area contributed by atoms with Crippen LogP contribution >= 0.6 is 0 Å². The maximum absolute atomic E-state index is 11.6. The number of nitrogens with one attached hydrogen (secondary N) is 2. The summed E-state index contributed by atoms with van der Waals surface area (Å²) in [4.78, 5) is 23.0. The molecular weight excluding hydrogens is 220 g/mol. The van der Waals surface area contributed by atoms with Gasteiger partial charge in [0.2, 0.25) is 5.91 Å². The van der Waals surface area contributed by atoms with E-state index in [4.69, 9.17) is 0 Å². The molecule has 0 rings (SSSR count). The predicted octanol–water partition coefficient (Wildman–Crippen LogP) is 0.688. The molecule has 0 radical (unpaired) electrons. The largest absolute Gasteiger partial charge is 0.467 e. The molecule has 2 N–H and O–H groups in total. The Labute approximate surface area is 103 Å². The molecule has 1 amide bonds. The number of methoxy groups -OCH3 is 1. The molecule has 0 saturated carbocycles. The minimum absolute atomic E-state index is 0.185. The van der Waals surface area contributed by atoms with Crippen LogP contribution < -0.4 is 10.6 Å². The predicted molar refractivity (Wildman–Crippen MR) is 66.5 cm³/mol. The average molecular weight is 244 g/mol. The number of carbonyl (C=O) groups is 2. The van der Waals surface area contributed by atoms with Gasteiger partial charge in [0.25, 0.3) is 0 Å². The van der Waals surface area contributed by atoms with Crippen LogP contribution in [0, 0.1) is 5.92 Å². The zero-order valence-electron chi connectivity index (χ0n) is 11.4. The summed E-state index contributed by atoms with van der Waals surface area (Å²) in [5.74, 6) is -0.260. The summed E-state index contributed by atoms with van der Waals surface area (Å²) in [7, 11) is 1.33. The maximum atomic E-state index is 11.6. The Morgan fingerprint density at radius 3 is 2.18 bits per heavy atom. The van der Waals surface area contributed by atoms with E-state index >= 15 is 0 Å². The minimum Gasteiger partial charge on any atom is -0.467 e. The molecular formula is C12H24N2O3. The molecule has 0 aliphatic rings. The molecule has 5 nitrogen and oxygen atoms in total. The van der Waals surface area contributed by atoms with Gasteiger partial charge in [0.15, 0.2) is 0 Å². The van der Waals surface area contributed by atoms with Crippen LogP contribution in [0.25, 0.3) is 0 Å². The van der Waals surface area contributed by atoms with Gasteiger partial charge >= 0.3 is 5.97 Å². The Balaban J connectivity index is 4.22. The van der Waals surface area contributed by atoms with Crippen LogP contribution in [0.1, 0.15) is 34.1 Å². The van der Waals surface area contributed by atoms with E-state index in [0.29, 0.717) is 12.3 Å². The normalized spacial score (nSPS) is 12.6. The average Bonchev–Trinajstić information content (AvgIpc) is 2.23. The third-order valence-electron chi connectivity index (χ3n) is 2.20. The first-order valence-corrected chi connectivity index (χ1v) is 5.97. The van der Waals surface area contributed by atoms with Crippen molar-refractivity contribution in [1.82, 2.24) is 10.6 Å². The molecule has 0 bridgehead atoms. The van der Waals surface area contributed by atoms with Crippen LogP contribution in [0.15, 0.2) is 0 Å². The molecule has 0 saturated heterocycles. The molecule has 0 aromatic rings. The van der Waals surface area contributed by atoms with Crippen molar-refractivity contribution in [2.24, 2.45) is 5.92 Å². The van der Waals surface area contributed by atoms with Gasteiger partial charge in [0.1, 0.15) is 6.04 Å². The van der Waals surface area contributed by atoms with Crippen LogP contribution in [0.3, 0.4) is 0 Å². The first-order chi connectivity index (χ1) is 7.86. The maximum Gasteiger partial charge on any atom is 0.328 e. The first kappa shape index (κ1) is 15.9. The van der Waals surface area contributed by atoms with Crippen LogP contribution in [-0.2, 0) is 14.3 Å². The number of carbonyl (C=O) groups excluding carboxylic acids is 2. The van der Waals surface area contributed by atoms with Gasteiger partial charge in [-0.2, -0.15) is 0 Å². The lowest BCUT2D eigenvalue weighted by atomic mass is 10.0. The third kappa shape index (κ3) is 7.74. The molecule has 1 atom stereocenters. The van der Waals surface area contributed by atoms with Crippen molar-refractivity contribution in [3.8, 4) is 0 Å². The Kier molecular flexibility index (Phi) is 7.54. The van der Waals surface area contributed by atoms with Crippen LogP contribution in [0.2, 0.25) is 0 Å². The van der Waals surface area contributed by atoms with Crippen molar-refractivity contribution in [2.45, 2.75) is 46.2 Å². The number of amides is 1. The van der Waals surface area contributed by atoms with Gasteiger partial charge in [-0.05, 0) is 12.3 Å². The van der Waals surface area contributed by atoms with E-state index in [-0.39, 0.29) is 18.5 Å². The SMILES string of the molecule is COC(=O)C(CC(C)C)NC(=O)CNC(C)C. The van der Waals surface area contributed by atoms with E-state index in [9.17, 15) is 9.59 Å². The molecule has 17 heavy (non-hydrogen) atoms. The topological polar surface area (TPSA) is 67.4 Å². The summed E-state index contributed by atoms with van der Waals surface area (Å²) < 4.78 is 4.67. The van der Waals surface area contributed by atoms with Crippen LogP contribution in [0.5, 0.6) is 0 Å². The monoisotopic (exact) mass is 244 g/mol. The van der Waals surface area contributed by atoms with Gasteiger partial charge in [0.05, 0.1) is 13.7 Å². The Morgan fingerprint density at radius 2 is 1.76 bits per heavy atom. The molecule has 0 fully saturated rings. The summed E-state index contributed by atoms with van der Waals surface area (Å²) in [5.41, 5.74) is 0. The fourth-order valence-corrected chi connectivity index (χ4v) is 1.37. The second-order valence-electron chi connectivity index (χ2n) is 4.81. The molecule has 1 unspecified atom stereocenters. The molecule has 100 valence electrons. The molecule has 0 heterocycles. The number of rotatable bonds is 7. The van der Waals surface area contributed by atoms with E-state index in [1.165, 1.54) is 7.11 Å². The number of ether oxygens (including phenoxy) is 1. The molecule has 5 heteroatoms. The molecule has 0 spiro atoms.